The Labute approximate surface area is 314 Å². The summed E-state index contributed by atoms with van der Waals surface area (Å²) in [4.78, 5) is 59.4. The third-order valence-corrected chi connectivity index (χ3v) is 10.5. The Morgan fingerprint density at radius 1 is 0.889 bits per heavy atom. The van der Waals surface area contributed by atoms with Gasteiger partial charge in [0.15, 0.2) is 0 Å². The quantitative estimate of drug-likeness (QED) is 0.204. The van der Waals surface area contributed by atoms with Gasteiger partial charge in [0.2, 0.25) is 5.91 Å². The fourth-order valence-corrected chi connectivity index (χ4v) is 7.75. The minimum atomic E-state index is -2.96. The molecule has 0 radical (unpaired) electrons. The van der Waals surface area contributed by atoms with E-state index in [1.807, 2.05) is 48.5 Å². The number of nitrogens with zero attached hydrogens (tertiary/aromatic N) is 3. The van der Waals surface area contributed by atoms with Crippen molar-refractivity contribution < 1.29 is 41.8 Å². The van der Waals surface area contributed by atoms with Crippen molar-refractivity contribution in [1.82, 2.24) is 15.1 Å². The standard InChI is InChI=1S/C40H36ClF3N4O6/c1-53-39(52)47-18-17-46(38(51)54-23-32-29-13-4-2-11-27(29)28-12-3-5-14-30(28)32)22-34(47)37(50)48(26-10-8-9-24(42)19-26)35(31-15-6-7-16-33(31)41)36(49)45-25-20-40(43,44)21-25/h2-16,19,25,32,34-35H,17-18,20-23H2,1H3,(H,45,49)/t34-,35-/m0/s1. The van der Waals surface area contributed by atoms with Gasteiger partial charge in [0.1, 0.15) is 24.5 Å². The summed E-state index contributed by atoms with van der Waals surface area (Å²) in [7, 11) is 1.14. The molecule has 54 heavy (non-hydrogen) atoms. The Morgan fingerprint density at radius 2 is 1.54 bits per heavy atom. The monoisotopic (exact) mass is 760 g/mol. The van der Waals surface area contributed by atoms with Crippen LogP contribution in [0.25, 0.3) is 11.1 Å². The maximum Gasteiger partial charge on any atom is 0.410 e. The van der Waals surface area contributed by atoms with Crippen molar-refractivity contribution in [3.63, 3.8) is 0 Å². The molecule has 1 heterocycles. The minimum absolute atomic E-state index is 0.00701. The van der Waals surface area contributed by atoms with E-state index >= 15 is 0 Å². The Morgan fingerprint density at radius 3 is 2.17 bits per heavy atom. The Balaban J connectivity index is 1.20. The molecule has 280 valence electrons. The van der Waals surface area contributed by atoms with Crippen LogP contribution in [0.5, 0.6) is 0 Å². The first-order chi connectivity index (χ1) is 26.0. The van der Waals surface area contributed by atoms with Crippen molar-refractivity contribution in [2.24, 2.45) is 0 Å². The van der Waals surface area contributed by atoms with E-state index in [1.54, 1.807) is 12.1 Å². The average molecular weight is 761 g/mol. The van der Waals surface area contributed by atoms with Gasteiger partial charge in [-0.2, -0.15) is 0 Å². The van der Waals surface area contributed by atoms with Gasteiger partial charge >= 0.3 is 12.2 Å². The largest absolute Gasteiger partial charge is 0.453 e. The maximum absolute atomic E-state index is 15.0. The molecule has 1 saturated carbocycles. The molecular weight excluding hydrogens is 725 g/mol. The molecule has 0 bridgehead atoms. The SMILES string of the molecule is COC(=O)N1CCN(C(=O)OCC2c3ccccc3-c3ccccc32)C[C@H]1C(=O)N(c1cccc(F)c1)[C@H](C(=O)NC1CC(F)(F)C1)c1ccccc1Cl. The minimum Gasteiger partial charge on any atom is -0.453 e. The second-order valence-electron chi connectivity index (χ2n) is 13.5. The Bertz CT molecular complexity index is 2050. The highest BCUT2D eigenvalue weighted by Crippen LogP contribution is 2.45. The van der Waals surface area contributed by atoms with E-state index in [0.29, 0.717) is 0 Å². The number of nitrogens with one attached hydrogen (secondary N) is 1. The van der Waals surface area contributed by atoms with Crippen molar-refractivity contribution in [3.05, 3.63) is 125 Å². The fourth-order valence-electron chi connectivity index (χ4n) is 7.51. The summed E-state index contributed by atoms with van der Waals surface area (Å²) in [5.41, 5.74) is 4.15. The van der Waals surface area contributed by atoms with E-state index in [0.717, 1.165) is 51.3 Å². The highest BCUT2D eigenvalue weighted by Gasteiger charge is 2.49. The predicted octanol–water partition coefficient (Wildman–Crippen LogP) is 7.17. The van der Waals surface area contributed by atoms with Crippen LogP contribution in [-0.2, 0) is 19.1 Å². The van der Waals surface area contributed by atoms with Crippen molar-refractivity contribution >= 4 is 41.3 Å². The zero-order valence-electron chi connectivity index (χ0n) is 29.1. The lowest BCUT2D eigenvalue weighted by Gasteiger charge is -2.43. The molecule has 2 atom stereocenters. The number of carbonyl (C=O) groups excluding carboxylic acids is 4. The number of hydrogen-bond donors (Lipinski definition) is 1. The van der Waals surface area contributed by atoms with E-state index in [4.69, 9.17) is 21.1 Å². The van der Waals surface area contributed by atoms with Gasteiger partial charge < -0.3 is 19.7 Å². The molecule has 1 saturated heterocycles. The molecule has 0 aromatic heterocycles. The van der Waals surface area contributed by atoms with Crippen LogP contribution in [-0.4, -0.2) is 85.2 Å². The van der Waals surface area contributed by atoms with E-state index in [-0.39, 0.29) is 48.4 Å². The first-order valence-corrected chi connectivity index (χ1v) is 17.8. The number of alkyl halides is 2. The third-order valence-electron chi connectivity index (χ3n) is 10.1. The summed E-state index contributed by atoms with van der Waals surface area (Å²) < 4.78 is 53.4. The van der Waals surface area contributed by atoms with Gasteiger partial charge in [-0.1, -0.05) is 84.4 Å². The number of ether oxygens (including phenoxy) is 2. The van der Waals surface area contributed by atoms with E-state index in [2.05, 4.69) is 5.32 Å². The van der Waals surface area contributed by atoms with Gasteiger partial charge in [-0.3, -0.25) is 19.4 Å². The van der Waals surface area contributed by atoms with Crippen LogP contribution in [0.3, 0.4) is 0 Å². The van der Waals surface area contributed by atoms with Gasteiger partial charge in [-0.25, -0.2) is 22.8 Å². The summed E-state index contributed by atoms with van der Waals surface area (Å²) in [6.07, 6.45) is -2.82. The fraction of sp³-hybridized carbons (Fsp3) is 0.300. The third kappa shape index (κ3) is 7.20. The summed E-state index contributed by atoms with van der Waals surface area (Å²) in [5, 5.41) is 2.66. The molecule has 4 amide bonds. The van der Waals surface area contributed by atoms with E-state index < -0.39 is 66.7 Å². The zero-order chi connectivity index (χ0) is 38.1. The van der Waals surface area contributed by atoms with Gasteiger partial charge in [0, 0.05) is 54.2 Å². The highest BCUT2D eigenvalue weighted by atomic mass is 35.5. The first kappa shape index (κ1) is 36.8. The normalized spacial score (nSPS) is 18.1. The number of rotatable bonds is 8. The number of piperazine rings is 1. The predicted molar refractivity (Wildman–Crippen MR) is 194 cm³/mol. The van der Waals surface area contributed by atoms with Crippen molar-refractivity contribution in [3.8, 4) is 11.1 Å². The zero-order valence-corrected chi connectivity index (χ0v) is 29.8. The number of fused-ring (bicyclic) bond motifs is 3. The topological polar surface area (TPSA) is 108 Å². The molecular formula is C40H36ClF3N4O6. The molecule has 3 aliphatic rings. The summed E-state index contributed by atoms with van der Waals surface area (Å²) in [6.45, 7) is -0.528. The smallest absolute Gasteiger partial charge is 0.410 e. The van der Waals surface area contributed by atoms with Crippen LogP contribution >= 0.6 is 11.6 Å². The number of anilines is 1. The second kappa shape index (κ2) is 15.1. The molecule has 7 rings (SSSR count). The van der Waals surface area contributed by atoms with Crippen LogP contribution in [0.4, 0.5) is 28.4 Å². The number of carbonyl (C=O) groups is 4. The van der Waals surface area contributed by atoms with E-state index in [9.17, 15) is 32.3 Å². The lowest BCUT2D eigenvalue weighted by atomic mass is 9.87. The van der Waals surface area contributed by atoms with Gasteiger partial charge in [0.05, 0.1) is 13.7 Å². The second-order valence-corrected chi connectivity index (χ2v) is 13.9. The number of amides is 4. The summed E-state index contributed by atoms with van der Waals surface area (Å²) in [6, 6.07) is 22.8. The Kier molecular flexibility index (Phi) is 10.3. The van der Waals surface area contributed by atoms with Crippen LogP contribution in [0.1, 0.15) is 41.5 Å². The molecule has 1 N–H and O–H groups in total. The van der Waals surface area contributed by atoms with Gasteiger partial charge in [-0.05, 0) is 46.5 Å². The molecule has 4 aromatic carbocycles. The van der Waals surface area contributed by atoms with E-state index in [1.165, 1.54) is 29.2 Å². The summed E-state index contributed by atoms with van der Waals surface area (Å²) >= 11 is 6.60. The summed E-state index contributed by atoms with van der Waals surface area (Å²) in [5.74, 6) is -5.67. The molecule has 0 spiro atoms. The number of hydrogen-bond acceptors (Lipinski definition) is 6. The number of methoxy groups -OCH3 is 1. The average Bonchev–Trinajstić information content (AvgIpc) is 3.48. The van der Waals surface area contributed by atoms with Crippen LogP contribution in [0, 0.1) is 5.82 Å². The molecule has 2 fully saturated rings. The maximum atomic E-state index is 15.0. The van der Waals surface area contributed by atoms with Gasteiger partial charge in [0.25, 0.3) is 11.8 Å². The molecule has 4 aromatic rings. The molecule has 14 heteroatoms. The molecule has 0 unspecified atom stereocenters. The molecule has 10 nitrogen and oxygen atoms in total. The first-order valence-electron chi connectivity index (χ1n) is 17.4. The lowest BCUT2D eigenvalue weighted by Crippen LogP contribution is -2.63. The number of halogens is 4. The van der Waals surface area contributed by atoms with Gasteiger partial charge in [-0.15, -0.1) is 0 Å². The Hall–Kier alpha value is -5.56. The highest BCUT2D eigenvalue weighted by molar-refractivity contribution is 6.31. The van der Waals surface area contributed by atoms with Crippen LogP contribution in [0.2, 0.25) is 5.02 Å². The molecule has 1 aliphatic heterocycles. The van der Waals surface area contributed by atoms with Crippen LogP contribution < -0.4 is 10.2 Å². The van der Waals surface area contributed by atoms with Crippen molar-refractivity contribution in [2.75, 3.05) is 38.3 Å². The number of benzene rings is 4. The van der Waals surface area contributed by atoms with Crippen molar-refractivity contribution in [1.29, 1.82) is 0 Å². The molecule has 2 aliphatic carbocycles. The van der Waals surface area contributed by atoms with Crippen LogP contribution in [0.15, 0.2) is 97.1 Å². The van der Waals surface area contributed by atoms with Crippen molar-refractivity contribution in [2.45, 2.75) is 42.8 Å². The lowest BCUT2D eigenvalue weighted by molar-refractivity contribution is -0.134.